The fraction of sp³-hybridized carbons (Fsp3) is 0.167. The van der Waals surface area contributed by atoms with Gasteiger partial charge in [0.25, 0.3) is 11.8 Å². The Kier molecular flexibility index (Phi) is 8.87. The number of hydrogen-bond acceptors (Lipinski definition) is 8. The van der Waals surface area contributed by atoms with Gasteiger partial charge in [0.05, 0.1) is 9.81 Å². The van der Waals surface area contributed by atoms with Crippen molar-refractivity contribution in [2.24, 2.45) is 0 Å². The molecule has 2 heterocycles. The Bertz CT molecular complexity index is 1300. The van der Waals surface area contributed by atoms with Gasteiger partial charge in [-0.2, -0.15) is 0 Å². The fourth-order valence-electron chi connectivity index (χ4n) is 3.46. The van der Waals surface area contributed by atoms with Crippen molar-refractivity contribution in [1.82, 2.24) is 9.80 Å². The lowest BCUT2D eigenvalue weighted by molar-refractivity contribution is -0.125. The summed E-state index contributed by atoms with van der Waals surface area (Å²) in [5.74, 6) is -2.92. The number of thiocarbonyl (C=S) groups is 2. The Hall–Kier alpha value is -3.20. The molecule has 2 saturated heterocycles. The number of carbonyl (C=O) groups excluding carboxylic acids is 4. The first-order chi connectivity index (χ1) is 18.1. The zero-order chi connectivity index (χ0) is 27.4. The van der Waals surface area contributed by atoms with Gasteiger partial charge in [-0.15, -0.1) is 0 Å². The highest BCUT2D eigenvalue weighted by Crippen LogP contribution is 2.42. The lowest BCUT2D eigenvalue weighted by Crippen LogP contribution is -2.33. The highest BCUT2D eigenvalue weighted by atomic mass is 32.2. The van der Waals surface area contributed by atoms with Crippen LogP contribution in [0.2, 0.25) is 0 Å². The predicted octanol–water partition coefficient (Wildman–Crippen LogP) is 4.25. The molecule has 0 radical (unpaired) electrons. The average Bonchev–Trinajstić information content (AvgIpc) is 3.29. The number of benzene rings is 2. The number of rotatable bonds is 8. The summed E-state index contributed by atoms with van der Waals surface area (Å²) in [6, 6.07) is 10.8. The summed E-state index contributed by atoms with van der Waals surface area (Å²) in [4.78, 5) is 53.2. The van der Waals surface area contributed by atoms with E-state index in [1.54, 1.807) is 0 Å². The molecule has 2 aliphatic heterocycles. The minimum atomic E-state index is -0.525. The zero-order valence-corrected chi connectivity index (χ0v) is 22.6. The van der Waals surface area contributed by atoms with Crippen LogP contribution < -0.4 is 10.6 Å². The lowest BCUT2D eigenvalue weighted by atomic mass is 10.3. The quantitative estimate of drug-likeness (QED) is 0.347. The van der Waals surface area contributed by atoms with Crippen molar-refractivity contribution in [3.05, 3.63) is 70.0 Å². The first-order valence-corrected chi connectivity index (χ1v) is 13.5. The summed E-state index contributed by atoms with van der Waals surface area (Å²) in [5, 5.41) is 5.10. The number of thioether (sulfide) groups is 2. The van der Waals surface area contributed by atoms with E-state index in [2.05, 4.69) is 10.6 Å². The molecule has 4 rings (SSSR count). The van der Waals surface area contributed by atoms with Gasteiger partial charge in [-0.3, -0.25) is 29.0 Å². The first kappa shape index (κ1) is 27.8. The Morgan fingerprint density at radius 3 is 1.50 bits per heavy atom. The molecular weight excluding hydrogens is 575 g/mol. The second-order valence-corrected chi connectivity index (χ2v) is 11.2. The van der Waals surface area contributed by atoms with Crippen molar-refractivity contribution in [3.63, 3.8) is 0 Å². The van der Waals surface area contributed by atoms with E-state index in [4.69, 9.17) is 24.4 Å². The molecule has 4 amide bonds. The molecule has 2 aliphatic rings. The molecule has 0 atom stereocenters. The Morgan fingerprint density at radius 2 is 1.13 bits per heavy atom. The number of nitrogens with one attached hydrogen (secondary N) is 2. The summed E-state index contributed by atoms with van der Waals surface area (Å²) in [7, 11) is 0. The molecule has 0 unspecified atom stereocenters. The number of nitrogens with zero attached hydrogens (tertiary/aromatic N) is 2. The minimum Gasteiger partial charge on any atom is -0.326 e. The smallest absolute Gasteiger partial charge is 0.267 e. The molecular formula is C24H18F2N4O4S4. The number of halogens is 2. The highest BCUT2D eigenvalue weighted by Gasteiger charge is 2.42. The highest BCUT2D eigenvalue weighted by molar-refractivity contribution is 8.29. The van der Waals surface area contributed by atoms with Crippen LogP contribution in [0.4, 0.5) is 20.2 Å². The van der Waals surface area contributed by atoms with Crippen LogP contribution in [0.25, 0.3) is 0 Å². The molecule has 2 aromatic rings. The van der Waals surface area contributed by atoms with Crippen LogP contribution in [0.3, 0.4) is 0 Å². The van der Waals surface area contributed by atoms with Gasteiger partial charge in [-0.1, -0.05) is 60.1 Å². The summed E-state index contributed by atoms with van der Waals surface area (Å²) >= 11 is 12.4. The van der Waals surface area contributed by atoms with Gasteiger partial charge in [0.1, 0.15) is 20.3 Å². The molecule has 38 heavy (non-hydrogen) atoms. The van der Waals surface area contributed by atoms with Gasteiger partial charge in [0.2, 0.25) is 11.8 Å². The average molecular weight is 593 g/mol. The van der Waals surface area contributed by atoms with Crippen LogP contribution in [0, 0.1) is 11.6 Å². The largest absolute Gasteiger partial charge is 0.326 e. The third-order valence-corrected chi connectivity index (χ3v) is 8.27. The third-order valence-electron chi connectivity index (χ3n) is 5.25. The van der Waals surface area contributed by atoms with Gasteiger partial charge in [-0.25, -0.2) is 8.78 Å². The molecule has 0 spiro atoms. The van der Waals surface area contributed by atoms with E-state index in [9.17, 15) is 28.0 Å². The standard InChI is InChI=1S/C24H18F2N4O4S4/c25-13-3-1-5-15(11-13)27-17(31)7-9-29-21(33)19(37-23(29)35)20-22(34)30(24(36)38-20)10-8-18(32)28-16-6-2-4-14(26)12-16/h1-6,11-12H,7-10H2,(H,27,31)(H,28,32)/b20-19+. The van der Waals surface area contributed by atoms with E-state index in [0.717, 1.165) is 23.5 Å². The van der Waals surface area contributed by atoms with Crippen molar-refractivity contribution < 1.29 is 28.0 Å². The second kappa shape index (κ2) is 12.1. The van der Waals surface area contributed by atoms with E-state index in [1.807, 2.05) is 0 Å². The van der Waals surface area contributed by atoms with Crippen LogP contribution in [-0.2, 0) is 19.2 Å². The number of anilines is 2. The summed E-state index contributed by atoms with van der Waals surface area (Å²) in [5.41, 5.74) is 0.572. The number of amides is 4. The molecule has 0 bridgehead atoms. The lowest BCUT2D eigenvalue weighted by Gasteiger charge is -2.14. The maximum atomic E-state index is 13.3. The first-order valence-electron chi connectivity index (χ1n) is 11.0. The maximum absolute atomic E-state index is 13.3. The van der Waals surface area contributed by atoms with Crippen molar-refractivity contribution >= 4 is 91.6 Å². The van der Waals surface area contributed by atoms with Crippen molar-refractivity contribution in [2.75, 3.05) is 23.7 Å². The van der Waals surface area contributed by atoms with E-state index in [1.165, 1.54) is 58.3 Å². The van der Waals surface area contributed by atoms with Gasteiger partial charge in [-0.05, 0) is 36.4 Å². The predicted molar refractivity (Wildman–Crippen MR) is 150 cm³/mol. The third kappa shape index (κ3) is 6.62. The summed E-state index contributed by atoms with van der Waals surface area (Å²) < 4.78 is 27.0. The fourth-order valence-corrected chi connectivity index (χ4v) is 6.23. The number of hydrogen-bond donors (Lipinski definition) is 2. The molecule has 2 N–H and O–H groups in total. The summed E-state index contributed by atoms with van der Waals surface area (Å²) in [6.45, 7) is -0.0638. The molecule has 8 nitrogen and oxygen atoms in total. The molecule has 14 heteroatoms. The van der Waals surface area contributed by atoms with Crippen molar-refractivity contribution in [1.29, 1.82) is 0 Å². The van der Waals surface area contributed by atoms with Gasteiger partial charge < -0.3 is 10.6 Å². The van der Waals surface area contributed by atoms with Crippen LogP contribution in [0.15, 0.2) is 58.3 Å². The topological polar surface area (TPSA) is 98.8 Å². The minimum absolute atomic E-state index is 0.0319. The monoisotopic (exact) mass is 592 g/mol. The molecule has 2 fully saturated rings. The Labute approximate surface area is 235 Å². The van der Waals surface area contributed by atoms with Crippen LogP contribution in [0.5, 0.6) is 0 Å². The van der Waals surface area contributed by atoms with E-state index >= 15 is 0 Å². The molecule has 0 aliphatic carbocycles. The molecule has 196 valence electrons. The SMILES string of the molecule is O=C(CCN1C(=O)/C(=C2\SC(=S)N(CCC(=O)Nc3cccc(F)c3)C2=O)SC1=S)Nc1cccc(F)c1. The number of carbonyl (C=O) groups is 4. The normalized spacial score (nSPS) is 17.4. The van der Waals surface area contributed by atoms with E-state index in [-0.39, 0.29) is 55.8 Å². The maximum Gasteiger partial charge on any atom is 0.267 e. The molecule has 0 aromatic heterocycles. The molecule has 2 aromatic carbocycles. The van der Waals surface area contributed by atoms with Gasteiger partial charge in [0, 0.05) is 37.3 Å². The van der Waals surface area contributed by atoms with E-state index < -0.39 is 35.3 Å². The zero-order valence-electron chi connectivity index (χ0n) is 19.4. The Morgan fingerprint density at radius 1 is 0.737 bits per heavy atom. The van der Waals surface area contributed by atoms with Crippen molar-refractivity contribution in [3.8, 4) is 0 Å². The Balaban J connectivity index is 1.35. The van der Waals surface area contributed by atoms with Crippen LogP contribution in [-0.4, -0.2) is 55.2 Å². The van der Waals surface area contributed by atoms with Crippen LogP contribution in [0.1, 0.15) is 12.8 Å². The summed E-state index contributed by atoms with van der Waals surface area (Å²) in [6.07, 6.45) is -0.199. The van der Waals surface area contributed by atoms with Gasteiger partial charge >= 0.3 is 0 Å². The second-order valence-electron chi connectivity index (χ2n) is 7.92. The van der Waals surface area contributed by atoms with Crippen LogP contribution >= 0.6 is 48.0 Å². The van der Waals surface area contributed by atoms with Gasteiger partial charge in [0.15, 0.2) is 0 Å². The van der Waals surface area contributed by atoms with E-state index in [0.29, 0.717) is 0 Å². The van der Waals surface area contributed by atoms with Crippen molar-refractivity contribution in [2.45, 2.75) is 12.8 Å². The molecule has 0 saturated carbocycles.